The van der Waals surface area contributed by atoms with Crippen LogP contribution in [0.3, 0.4) is 0 Å². The molecule has 1 fully saturated rings. The molecule has 1 unspecified atom stereocenters. The Balaban J connectivity index is 1.85. The van der Waals surface area contributed by atoms with Gasteiger partial charge in [-0.25, -0.2) is 0 Å². The molecule has 2 rings (SSSR count). The number of thiophene rings is 1. The summed E-state index contributed by atoms with van der Waals surface area (Å²) in [5.74, 6) is 6.31. The van der Waals surface area contributed by atoms with Gasteiger partial charge in [-0.1, -0.05) is 11.8 Å². The van der Waals surface area contributed by atoms with Crippen LogP contribution in [0.15, 0.2) is 12.1 Å². The number of hydrogen-bond acceptors (Lipinski definition) is 4. The second-order valence-corrected chi connectivity index (χ2v) is 5.74. The molecule has 18 heavy (non-hydrogen) atoms. The summed E-state index contributed by atoms with van der Waals surface area (Å²) in [7, 11) is 1.77. The Hall–Kier alpha value is -0.860. The predicted octanol–water partition coefficient (Wildman–Crippen LogP) is 1.56. The van der Waals surface area contributed by atoms with E-state index in [1.165, 1.54) is 11.3 Å². The number of ether oxygens (including phenoxy) is 1. The molecule has 1 aromatic rings. The van der Waals surface area contributed by atoms with Gasteiger partial charge in [0.15, 0.2) is 0 Å². The number of rotatable bonds is 4. The Bertz CT molecular complexity index is 432. The average molecular weight is 265 g/mol. The zero-order chi connectivity index (χ0) is 12.8. The molecule has 4 heteroatoms. The SMILES string of the molecule is COCC1CCN(Cc2ccc(C#CCO)s2)C1. The molecule has 1 aromatic heterocycles. The number of likely N-dealkylation sites (tertiary alicyclic amines) is 1. The highest BCUT2D eigenvalue weighted by atomic mass is 32.1. The zero-order valence-corrected chi connectivity index (χ0v) is 11.5. The minimum absolute atomic E-state index is 0.0714. The van der Waals surface area contributed by atoms with Gasteiger partial charge in [0.25, 0.3) is 0 Å². The Labute approximate surface area is 112 Å². The first-order chi connectivity index (χ1) is 8.81. The highest BCUT2D eigenvalue weighted by molar-refractivity contribution is 7.12. The molecule has 1 N–H and O–H groups in total. The van der Waals surface area contributed by atoms with E-state index in [9.17, 15) is 0 Å². The van der Waals surface area contributed by atoms with Gasteiger partial charge in [-0.3, -0.25) is 4.90 Å². The summed E-state index contributed by atoms with van der Waals surface area (Å²) >= 11 is 1.72. The van der Waals surface area contributed by atoms with E-state index < -0.39 is 0 Å². The first-order valence-electron chi connectivity index (χ1n) is 6.21. The van der Waals surface area contributed by atoms with Crippen LogP contribution < -0.4 is 0 Å². The van der Waals surface area contributed by atoms with Crippen LogP contribution >= 0.6 is 11.3 Å². The maximum atomic E-state index is 8.65. The second-order valence-electron chi connectivity index (χ2n) is 4.57. The number of nitrogens with zero attached hydrogens (tertiary/aromatic N) is 1. The zero-order valence-electron chi connectivity index (χ0n) is 10.7. The second kappa shape index (κ2) is 6.91. The summed E-state index contributed by atoms with van der Waals surface area (Å²) in [5, 5.41) is 8.65. The van der Waals surface area contributed by atoms with Crippen molar-refractivity contribution in [1.82, 2.24) is 4.90 Å². The summed E-state index contributed by atoms with van der Waals surface area (Å²) in [5.41, 5.74) is 0. The Morgan fingerprint density at radius 1 is 1.56 bits per heavy atom. The monoisotopic (exact) mass is 265 g/mol. The van der Waals surface area contributed by atoms with Crippen LogP contribution in [0.4, 0.5) is 0 Å². The fourth-order valence-corrected chi connectivity index (χ4v) is 3.23. The van der Waals surface area contributed by atoms with Gasteiger partial charge in [0, 0.05) is 25.1 Å². The Kier molecular flexibility index (Phi) is 5.21. The predicted molar refractivity (Wildman–Crippen MR) is 73.5 cm³/mol. The van der Waals surface area contributed by atoms with Gasteiger partial charge in [0.2, 0.25) is 0 Å². The standard InChI is InChI=1S/C14H19NO2S/c1-17-11-12-6-7-15(9-12)10-14-5-4-13(18-14)3-2-8-16/h4-5,12,16H,6-11H2,1H3. The molecule has 98 valence electrons. The van der Waals surface area contributed by atoms with E-state index in [1.54, 1.807) is 18.4 Å². The lowest BCUT2D eigenvalue weighted by Gasteiger charge is -2.14. The molecule has 1 atom stereocenters. The number of hydrogen-bond donors (Lipinski definition) is 1. The average Bonchev–Trinajstić information content (AvgIpc) is 2.98. The fraction of sp³-hybridized carbons (Fsp3) is 0.571. The molecule has 0 amide bonds. The third-order valence-corrected chi connectivity index (χ3v) is 4.09. The third-order valence-electron chi connectivity index (χ3n) is 3.10. The molecule has 0 radical (unpaired) electrons. The van der Waals surface area contributed by atoms with Crippen LogP contribution in [0.1, 0.15) is 16.2 Å². The van der Waals surface area contributed by atoms with Gasteiger partial charge in [-0.2, -0.15) is 0 Å². The summed E-state index contributed by atoms with van der Waals surface area (Å²) in [6.07, 6.45) is 1.23. The molecular formula is C14H19NO2S. The van der Waals surface area contributed by atoms with Crippen LogP contribution in [0, 0.1) is 17.8 Å². The van der Waals surface area contributed by atoms with Crippen LogP contribution in [-0.2, 0) is 11.3 Å². The van der Waals surface area contributed by atoms with Crippen molar-refractivity contribution in [1.29, 1.82) is 0 Å². The Morgan fingerprint density at radius 2 is 2.44 bits per heavy atom. The van der Waals surface area contributed by atoms with Gasteiger partial charge < -0.3 is 9.84 Å². The summed E-state index contributed by atoms with van der Waals surface area (Å²) in [6, 6.07) is 4.17. The molecule has 0 aromatic carbocycles. The normalized spacial score (nSPS) is 19.8. The quantitative estimate of drug-likeness (QED) is 0.839. The molecule has 2 heterocycles. The minimum Gasteiger partial charge on any atom is -0.384 e. The van der Waals surface area contributed by atoms with Gasteiger partial charge >= 0.3 is 0 Å². The van der Waals surface area contributed by atoms with E-state index in [0.29, 0.717) is 5.92 Å². The van der Waals surface area contributed by atoms with Crippen molar-refractivity contribution < 1.29 is 9.84 Å². The van der Waals surface area contributed by atoms with Crippen molar-refractivity contribution in [3.8, 4) is 11.8 Å². The number of aliphatic hydroxyl groups is 1. The molecular weight excluding hydrogens is 246 g/mol. The summed E-state index contributed by atoms with van der Waals surface area (Å²) in [4.78, 5) is 4.85. The van der Waals surface area contributed by atoms with Gasteiger partial charge in [0.05, 0.1) is 11.5 Å². The van der Waals surface area contributed by atoms with Crippen LogP contribution in [-0.4, -0.2) is 43.4 Å². The summed E-state index contributed by atoms with van der Waals surface area (Å²) < 4.78 is 5.21. The molecule has 0 aliphatic carbocycles. The van der Waals surface area contributed by atoms with Crippen molar-refractivity contribution >= 4 is 11.3 Å². The van der Waals surface area contributed by atoms with E-state index in [1.807, 2.05) is 6.07 Å². The lowest BCUT2D eigenvalue weighted by atomic mass is 10.1. The number of aliphatic hydroxyl groups excluding tert-OH is 1. The third kappa shape index (κ3) is 3.82. The maximum absolute atomic E-state index is 8.65. The van der Waals surface area contributed by atoms with Crippen molar-refractivity contribution in [2.75, 3.05) is 33.4 Å². The van der Waals surface area contributed by atoms with Gasteiger partial charge in [-0.15, -0.1) is 11.3 Å². The van der Waals surface area contributed by atoms with E-state index >= 15 is 0 Å². The molecule has 1 aliphatic rings. The highest BCUT2D eigenvalue weighted by Gasteiger charge is 2.22. The number of methoxy groups -OCH3 is 1. The molecule has 1 saturated heterocycles. The lowest BCUT2D eigenvalue weighted by Crippen LogP contribution is -2.20. The van der Waals surface area contributed by atoms with Gasteiger partial charge in [-0.05, 0) is 31.0 Å². The topological polar surface area (TPSA) is 32.7 Å². The largest absolute Gasteiger partial charge is 0.384 e. The van der Waals surface area contributed by atoms with E-state index in [2.05, 4.69) is 22.8 Å². The smallest absolute Gasteiger partial charge is 0.104 e. The molecule has 3 nitrogen and oxygen atoms in total. The van der Waals surface area contributed by atoms with Crippen LogP contribution in [0.25, 0.3) is 0 Å². The lowest BCUT2D eigenvalue weighted by molar-refractivity contribution is 0.153. The maximum Gasteiger partial charge on any atom is 0.104 e. The molecule has 1 aliphatic heterocycles. The first kappa shape index (κ1) is 13.6. The van der Waals surface area contributed by atoms with Crippen LogP contribution in [0.5, 0.6) is 0 Å². The van der Waals surface area contributed by atoms with Crippen molar-refractivity contribution in [2.45, 2.75) is 13.0 Å². The van der Waals surface area contributed by atoms with Gasteiger partial charge in [0.1, 0.15) is 6.61 Å². The van der Waals surface area contributed by atoms with Crippen molar-refractivity contribution in [2.24, 2.45) is 5.92 Å². The Morgan fingerprint density at radius 3 is 3.22 bits per heavy atom. The van der Waals surface area contributed by atoms with Crippen LogP contribution in [0.2, 0.25) is 0 Å². The van der Waals surface area contributed by atoms with E-state index in [4.69, 9.17) is 9.84 Å². The first-order valence-corrected chi connectivity index (χ1v) is 7.03. The van der Waals surface area contributed by atoms with E-state index in [0.717, 1.165) is 31.1 Å². The molecule has 0 bridgehead atoms. The minimum atomic E-state index is -0.0714. The highest BCUT2D eigenvalue weighted by Crippen LogP contribution is 2.22. The summed E-state index contributed by atoms with van der Waals surface area (Å²) in [6.45, 7) is 4.09. The molecule has 0 spiro atoms. The van der Waals surface area contributed by atoms with Crippen molar-refractivity contribution in [3.05, 3.63) is 21.9 Å². The molecule has 0 saturated carbocycles. The fourth-order valence-electron chi connectivity index (χ4n) is 2.31. The van der Waals surface area contributed by atoms with E-state index in [-0.39, 0.29) is 6.61 Å². The van der Waals surface area contributed by atoms with Crippen molar-refractivity contribution in [3.63, 3.8) is 0 Å².